The van der Waals surface area contributed by atoms with Crippen molar-refractivity contribution in [3.8, 4) is 0 Å². The van der Waals surface area contributed by atoms with Crippen LogP contribution in [0.2, 0.25) is 0 Å². The first-order valence-electron chi connectivity index (χ1n) is 5.65. The van der Waals surface area contributed by atoms with Gasteiger partial charge in [-0.05, 0) is 31.4 Å². The summed E-state index contributed by atoms with van der Waals surface area (Å²) in [5.41, 5.74) is 2.11. The van der Waals surface area contributed by atoms with Crippen LogP contribution in [-0.4, -0.2) is 19.1 Å². The number of hydrogen-bond acceptors (Lipinski definition) is 3. The lowest BCUT2D eigenvalue weighted by molar-refractivity contribution is -0.142. The Morgan fingerprint density at radius 1 is 1.38 bits per heavy atom. The number of rotatable bonds is 1. The van der Waals surface area contributed by atoms with Gasteiger partial charge in [0.2, 0.25) is 0 Å². The normalized spacial score (nSPS) is 23.9. The molecule has 1 N–H and O–H groups in total. The fourth-order valence-corrected chi connectivity index (χ4v) is 2.23. The maximum absolute atomic E-state index is 11.7. The number of fused-ring (bicyclic) bond motifs is 1. The summed E-state index contributed by atoms with van der Waals surface area (Å²) in [4.78, 5) is 11.7. The number of nitrogens with one attached hydrogen (secondary N) is 1. The van der Waals surface area contributed by atoms with E-state index in [1.165, 1.54) is 7.11 Å². The summed E-state index contributed by atoms with van der Waals surface area (Å²) in [6, 6.07) is 8.37. The smallest absolute Gasteiger partial charge is 0.313 e. The molecular weight excluding hydrogens is 202 g/mol. The van der Waals surface area contributed by atoms with E-state index in [1.807, 2.05) is 24.3 Å². The number of carbonyl (C=O) groups is 1. The summed E-state index contributed by atoms with van der Waals surface area (Å²) < 4.78 is 4.87. The van der Waals surface area contributed by atoms with Gasteiger partial charge in [0.15, 0.2) is 0 Å². The fraction of sp³-hybridized carbons (Fsp3) is 0.462. The lowest BCUT2D eigenvalue weighted by Gasteiger charge is -2.14. The molecule has 0 spiro atoms. The molecular formula is C13H17NO2. The quantitative estimate of drug-likeness (QED) is 0.738. The minimum absolute atomic E-state index is 0.126. The molecule has 1 aliphatic rings. The van der Waals surface area contributed by atoms with Gasteiger partial charge in [-0.15, -0.1) is 0 Å². The van der Waals surface area contributed by atoms with Gasteiger partial charge in [0, 0.05) is 11.7 Å². The monoisotopic (exact) mass is 219 g/mol. The molecule has 1 aromatic rings. The van der Waals surface area contributed by atoms with E-state index in [1.54, 1.807) is 0 Å². The standard InChI is InChI=1S/C13H17NO2/c1-9-7-8-11(13(15)16-2)10-5-3-4-6-12(10)14-9/h3-6,9,11,14H,7-8H2,1-2H3/t9-,11-/m0/s1. The third kappa shape index (κ3) is 2.03. The minimum atomic E-state index is -0.136. The molecule has 0 amide bonds. The highest BCUT2D eigenvalue weighted by Gasteiger charge is 2.27. The van der Waals surface area contributed by atoms with E-state index in [-0.39, 0.29) is 11.9 Å². The highest BCUT2D eigenvalue weighted by molar-refractivity contribution is 5.81. The minimum Gasteiger partial charge on any atom is -0.469 e. The molecule has 86 valence electrons. The van der Waals surface area contributed by atoms with E-state index >= 15 is 0 Å². The Kier molecular flexibility index (Phi) is 3.13. The third-order valence-corrected chi connectivity index (χ3v) is 3.11. The Hall–Kier alpha value is -1.51. The lowest BCUT2D eigenvalue weighted by atomic mass is 9.94. The van der Waals surface area contributed by atoms with Crippen LogP contribution in [0.15, 0.2) is 24.3 Å². The molecule has 2 rings (SSSR count). The molecule has 0 saturated carbocycles. The fourth-order valence-electron chi connectivity index (χ4n) is 2.23. The van der Waals surface area contributed by atoms with Crippen LogP contribution in [0.4, 0.5) is 5.69 Å². The molecule has 0 aromatic heterocycles. The number of benzene rings is 1. The zero-order chi connectivity index (χ0) is 11.5. The Morgan fingerprint density at radius 2 is 2.12 bits per heavy atom. The van der Waals surface area contributed by atoms with E-state index in [9.17, 15) is 4.79 Å². The first kappa shape index (κ1) is 11.0. The van der Waals surface area contributed by atoms with Gasteiger partial charge in [-0.25, -0.2) is 0 Å². The second-order valence-corrected chi connectivity index (χ2v) is 4.29. The lowest BCUT2D eigenvalue weighted by Crippen LogP contribution is -2.14. The van der Waals surface area contributed by atoms with Crippen LogP contribution in [-0.2, 0) is 9.53 Å². The molecule has 1 aromatic carbocycles. The van der Waals surface area contributed by atoms with Crippen molar-refractivity contribution in [1.29, 1.82) is 0 Å². The number of anilines is 1. The van der Waals surface area contributed by atoms with Crippen molar-refractivity contribution in [3.63, 3.8) is 0 Å². The maximum atomic E-state index is 11.7. The highest BCUT2D eigenvalue weighted by atomic mass is 16.5. The Balaban J connectivity index is 2.38. The van der Waals surface area contributed by atoms with E-state index < -0.39 is 0 Å². The maximum Gasteiger partial charge on any atom is 0.313 e. The van der Waals surface area contributed by atoms with Gasteiger partial charge in [-0.3, -0.25) is 4.79 Å². The van der Waals surface area contributed by atoms with E-state index in [0.717, 1.165) is 24.1 Å². The highest BCUT2D eigenvalue weighted by Crippen LogP contribution is 2.33. The van der Waals surface area contributed by atoms with Crippen LogP contribution in [0.5, 0.6) is 0 Å². The van der Waals surface area contributed by atoms with Crippen LogP contribution < -0.4 is 5.32 Å². The molecule has 1 aliphatic heterocycles. The molecule has 0 aliphatic carbocycles. The van der Waals surface area contributed by atoms with Crippen molar-refractivity contribution in [2.24, 2.45) is 0 Å². The summed E-state index contributed by atoms with van der Waals surface area (Å²) in [5, 5.41) is 3.42. The Morgan fingerprint density at radius 3 is 2.88 bits per heavy atom. The zero-order valence-electron chi connectivity index (χ0n) is 9.69. The molecule has 2 atom stereocenters. The molecule has 1 heterocycles. The van der Waals surface area contributed by atoms with Crippen LogP contribution in [0.3, 0.4) is 0 Å². The van der Waals surface area contributed by atoms with Crippen molar-refractivity contribution in [2.45, 2.75) is 31.7 Å². The van der Waals surface area contributed by atoms with E-state index in [4.69, 9.17) is 4.74 Å². The number of hydrogen-bond donors (Lipinski definition) is 1. The van der Waals surface area contributed by atoms with Crippen LogP contribution in [0, 0.1) is 0 Å². The van der Waals surface area contributed by atoms with Gasteiger partial charge >= 0.3 is 5.97 Å². The summed E-state index contributed by atoms with van der Waals surface area (Å²) in [6.07, 6.45) is 1.83. The predicted molar refractivity (Wildman–Crippen MR) is 63.5 cm³/mol. The average molecular weight is 219 g/mol. The summed E-state index contributed by atoms with van der Waals surface area (Å²) in [6.45, 7) is 2.14. The molecule has 0 saturated heterocycles. The second-order valence-electron chi connectivity index (χ2n) is 4.29. The number of para-hydroxylation sites is 1. The van der Waals surface area contributed by atoms with Crippen molar-refractivity contribution >= 4 is 11.7 Å². The first-order chi connectivity index (χ1) is 7.72. The topological polar surface area (TPSA) is 38.3 Å². The number of esters is 1. The number of ether oxygens (including phenoxy) is 1. The van der Waals surface area contributed by atoms with Crippen LogP contribution in [0.1, 0.15) is 31.2 Å². The van der Waals surface area contributed by atoms with Crippen LogP contribution >= 0.6 is 0 Å². The molecule has 3 nitrogen and oxygen atoms in total. The third-order valence-electron chi connectivity index (χ3n) is 3.11. The van der Waals surface area contributed by atoms with E-state index in [0.29, 0.717) is 6.04 Å². The van der Waals surface area contributed by atoms with Gasteiger partial charge in [0.1, 0.15) is 0 Å². The van der Waals surface area contributed by atoms with Crippen molar-refractivity contribution in [3.05, 3.63) is 29.8 Å². The zero-order valence-corrected chi connectivity index (χ0v) is 9.69. The molecule has 3 heteroatoms. The van der Waals surface area contributed by atoms with Crippen LogP contribution in [0.25, 0.3) is 0 Å². The van der Waals surface area contributed by atoms with Gasteiger partial charge < -0.3 is 10.1 Å². The Bertz CT molecular complexity index is 389. The summed E-state index contributed by atoms with van der Waals surface area (Å²) >= 11 is 0. The number of carbonyl (C=O) groups excluding carboxylic acids is 1. The molecule has 0 bridgehead atoms. The van der Waals surface area contributed by atoms with Crippen molar-refractivity contribution < 1.29 is 9.53 Å². The second kappa shape index (κ2) is 4.56. The first-order valence-corrected chi connectivity index (χ1v) is 5.65. The summed E-state index contributed by atoms with van der Waals surface area (Å²) in [5.74, 6) is -0.262. The average Bonchev–Trinajstić information content (AvgIpc) is 2.46. The Labute approximate surface area is 95.8 Å². The number of methoxy groups -OCH3 is 1. The van der Waals surface area contributed by atoms with Gasteiger partial charge in [0.25, 0.3) is 0 Å². The SMILES string of the molecule is COC(=O)[C@H]1CC[C@H](C)Nc2ccccc21. The van der Waals surface area contributed by atoms with Gasteiger partial charge in [-0.1, -0.05) is 18.2 Å². The van der Waals surface area contributed by atoms with E-state index in [2.05, 4.69) is 12.2 Å². The van der Waals surface area contributed by atoms with Crippen molar-refractivity contribution in [1.82, 2.24) is 0 Å². The molecule has 0 fully saturated rings. The molecule has 0 radical (unpaired) electrons. The van der Waals surface area contributed by atoms with Gasteiger partial charge in [-0.2, -0.15) is 0 Å². The predicted octanol–water partition coefficient (Wildman–Crippen LogP) is 2.54. The largest absolute Gasteiger partial charge is 0.469 e. The summed E-state index contributed by atoms with van der Waals surface area (Å²) in [7, 11) is 1.45. The van der Waals surface area contributed by atoms with Crippen molar-refractivity contribution in [2.75, 3.05) is 12.4 Å². The molecule has 0 unspecified atom stereocenters. The van der Waals surface area contributed by atoms with Gasteiger partial charge in [0.05, 0.1) is 13.0 Å². The molecule has 16 heavy (non-hydrogen) atoms.